The smallest absolute Gasteiger partial charge is 0.0791 e. The van der Waals surface area contributed by atoms with Crippen LogP contribution in [0.1, 0.15) is 39.0 Å². The third-order valence-corrected chi connectivity index (χ3v) is 1.70. The van der Waals surface area contributed by atoms with Gasteiger partial charge in [-0.25, -0.2) is 4.89 Å². The van der Waals surface area contributed by atoms with Crippen molar-refractivity contribution in [3.05, 3.63) is 0 Å². The molecule has 3 heteroatoms. The van der Waals surface area contributed by atoms with Crippen molar-refractivity contribution in [2.75, 3.05) is 6.61 Å². The van der Waals surface area contributed by atoms with E-state index in [1.54, 1.807) is 6.92 Å². The number of aliphatic hydroxyl groups excluding tert-OH is 1. The normalized spacial score (nSPS) is 18.8. The van der Waals surface area contributed by atoms with Gasteiger partial charge in [-0.3, -0.25) is 5.26 Å². The van der Waals surface area contributed by atoms with Crippen molar-refractivity contribution in [2.45, 2.75) is 45.1 Å². The second kappa shape index (κ2) is 7.98. The molecule has 1 fully saturated rings. The van der Waals surface area contributed by atoms with Crippen molar-refractivity contribution in [1.29, 1.82) is 0 Å². The third kappa shape index (κ3) is 7.78. The van der Waals surface area contributed by atoms with Crippen LogP contribution in [0.4, 0.5) is 0 Å². The lowest BCUT2D eigenvalue weighted by Gasteiger charge is -2.14. The second-order valence-electron chi connectivity index (χ2n) is 2.71. The van der Waals surface area contributed by atoms with Crippen LogP contribution in [0.3, 0.4) is 0 Å². The van der Waals surface area contributed by atoms with Gasteiger partial charge in [-0.1, -0.05) is 19.3 Å². The van der Waals surface area contributed by atoms with Crippen LogP contribution in [0.25, 0.3) is 0 Å². The first-order valence-corrected chi connectivity index (χ1v) is 4.25. The van der Waals surface area contributed by atoms with E-state index in [1.165, 1.54) is 19.3 Å². The van der Waals surface area contributed by atoms with Crippen molar-refractivity contribution in [2.24, 2.45) is 0 Å². The molecular weight excluding hydrogens is 144 g/mol. The predicted molar refractivity (Wildman–Crippen MR) is 43.3 cm³/mol. The van der Waals surface area contributed by atoms with E-state index in [4.69, 9.17) is 10.4 Å². The van der Waals surface area contributed by atoms with Gasteiger partial charge in [0.1, 0.15) is 0 Å². The second-order valence-corrected chi connectivity index (χ2v) is 2.71. The minimum Gasteiger partial charge on any atom is -0.393 e. The van der Waals surface area contributed by atoms with Crippen molar-refractivity contribution in [3.8, 4) is 0 Å². The molecule has 0 aromatic carbocycles. The molecule has 1 rings (SSSR count). The Morgan fingerprint density at radius 1 is 1.27 bits per heavy atom. The minimum absolute atomic E-state index is 0.0359. The molecule has 1 saturated carbocycles. The van der Waals surface area contributed by atoms with Crippen molar-refractivity contribution in [1.82, 2.24) is 0 Å². The van der Waals surface area contributed by atoms with Crippen molar-refractivity contribution in [3.63, 3.8) is 0 Å². The van der Waals surface area contributed by atoms with E-state index in [2.05, 4.69) is 4.89 Å². The topological polar surface area (TPSA) is 49.7 Å². The van der Waals surface area contributed by atoms with E-state index >= 15 is 0 Å². The van der Waals surface area contributed by atoms with E-state index < -0.39 is 0 Å². The molecule has 0 heterocycles. The minimum atomic E-state index is 0.0359. The van der Waals surface area contributed by atoms with Crippen LogP contribution in [0.5, 0.6) is 0 Å². The number of hydrogen-bond acceptors (Lipinski definition) is 3. The van der Waals surface area contributed by atoms with E-state index in [0.29, 0.717) is 6.61 Å². The Balaban J connectivity index is 0.000000218. The summed E-state index contributed by atoms with van der Waals surface area (Å²) in [5.74, 6) is 0. The molecule has 0 aromatic rings. The monoisotopic (exact) mass is 162 g/mol. The molecule has 0 aliphatic heterocycles. The van der Waals surface area contributed by atoms with Crippen LogP contribution in [-0.2, 0) is 4.89 Å². The summed E-state index contributed by atoms with van der Waals surface area (Å²) in [6.45, 7) is 2.08. The molecule has 0 radical (unpaired) electrons. The van der Waals surface area contributed by atoms with E-state index in [9.17, 15) is 0 Å². The predicted octanol–water partition coefficient (Wildman–Crippen LogP) is 1.81. The van der Waals surface area contributed by atoms with Gasteiger partial charge >= 0.3 is 0 Å². The van der Waals surface area contributed by atoms with E-state index in [-0.39, 0.29) is 6.10 Å². The zero-order valence-corrected chi connectivity index (χ0v) is 7.12. The summed E-state index contributed by atoms with van der Waals surface area (Å²) in [6, 6.07) is 0. The van der Waals surface area contributed by atoms with E-state index in [0.717, 1.165) is 12.8 Å². The molecule has 0 atom stereocenters. The standard InChI is InChI=1S/C6H12O.C2H6O2/c7-6-4-2-1-3-5-6;1-2-4-3/h6-7H,1-5H2;3H,2H2,1H3. The summed E-state index contributed by atoms with van der Waals surface area (Å²) in [7, 11) is 0. The van der Waals surface area contributed by atoms with Gasteiger partial charge in [0.15, 0.2) is 0 Å². The Kier molecular flexibility index (Phi) is 7.89. The average Bonchev–Trinajstić information content (AvgIpc) is 2.07. The highest BCUT2D eigenvalue weighted by molar-refractivity contribution is 4.61. The van der Waals surface area contributed by atoms with Crippen molar-refractivity contribution >= 4 is 0 Å². The Hall–Kier alpha value is -0.120. The largest absolute Gasteiger partial charge is 0.393 e. The highest BCUT2D eigenvalue weighted by atomic mass is 17.1. The molecule has 0 aromatic heterocycles. The average molecular weight is 162 g/mol. The molecular formula is C8H18O3. The molecule has 1 aliphatic rings. The lowest BCUT2D eigenvalue weighted by Crippen LogP contribution is -2.09. The van der Waals surface area contributed by atoms with Crippen LogP contribution in [0.15, 0.2) is 0 Å². The van der Waals surface area contributed by atoms with E-state index in [1.807, 2.05) is 0 Å². The summed E-state index contributed by atoms with van der Waals surface area (Å²) in [5, 5.41) is 16.3. The maximum atomic E-state index is 8.91. The lowest BCUT2D eigenvalue weighted by atomic mass is 9.98. The molecule has 0 unspecified atom stereocenters. The highest BCUT2D eigenvalue weighted by Crippen LogP contribution is 2.16. The molecule has 0 bridgehead atoms. The molecule has 68 valence electrons. The number of aliphatic hydroxyl groups is 1. The Labute approximate surface area is 67.9 Å². The molecule has 3 nitrogen and oxygen atoms in total. The Bertz CT molecular complexity index is 67.7. The van der Waals surface area contributed by atoms with Gasteiger partial charge in [-0.2, -0.15) is 0 Å². The Morgan fingerprint density at radius 2 is 1.73 bits per heavy atom. The van der Waals surface area contributed by atoms with Crippen LogP contribution in [-0.4, -0.2) is 23.1 Å². The van der Waals surface area contributed by atoms with Crippen LogP contribution in [0.2, 0.25) is 0 Å². The van der Waals surface area contributed by atoms with Crippen LogP contribution >= 0.6 is 0 Å². The van der Waals surface area contributed by atoms with Gasteiger partial charge in [0.05, 0.1) is 12.7 Å². The maximum Gasteiger partial charge on any atom is 0.0791 e. The molecule has 0 spiro atoms. The maximum absolute atomic E-state index is 8.91. The highest BCUT2D eigenvalue weighted by Gasteiger charge is 2.07. The first-order chi connectivity index (χ1) is 5.31. The van der Waals surface area contributed by atoms with Gasteiger partial charge < -0.3 is 5.11 Å². The zero-order valence-electron chi connectivity index (χ0n) is 7.12. The number of hydrogen-bond donors (Lipinski definition) is 2. The quantitative estimate of drug-likeness (QED) is 0.456. The SMILES string of the molecule is CCOO.OC1CCCCC1. The van der Waals surface area contributed by atoms with Gasteiger partial charge in [0.25, 0.3) is 0 Å². The summed E-state index contributed by atoms with van der Waals surface area (Å²) in [6.07, 6.45) is 5.92. The summed E-state index contributed by atoms with van der Waals surface area (Å²) in [5.41, 5.74) is 0. The molecule has 2 N–H and O–H groups in total. The number of rotatable bonds is 1. The third-order valence-electron chi connectivity index (χ3n) is 1.70. The van der Waals surface area contributed by atoms with Gasteiger partial charge in [-0.05, 0) is 19.8 Å². The van der Waals surface area contributed by atoms with Crippen LogP contribution in [0, 0.1) is 0 Å². The van der Waals surface area contributed by atoms with Crippen LogP contribution < -0.4 is 0 Å². The summed E-state index contributed by atoms with van der Waals surface area (Å²) in [4.78, 5) is 3.54. The fourth-order valence-electron chi connectivity index (χ4n) is 1.08. The van der Waals surface area contributed by atoms with Crippen molar-refractivity contribution < 1.29 is 15.3 Å². The lowest BCUT2D eigenvalue weighted by molar-refractivity contribution is -0.237. The molecule has 0 saturated heterocycles. The molecule has 11 heavy (non-hydrogen) atoms. The molecule has 0 amide bonds. The fourth-order valence-corrected chi connectivity index (χ4v) is 1.08. The Morgan fingerprint density at radius 3 is 1.91 bits per heavy atom. The summed E-state index contributed by atoms with van der Waals surface area (Å²) >= 11 is 0. The van der Waals surface area contributed by atoms with Gasteiger partial charge in [-0.15, -0.1) is 0 Å². The molecule has 1 aliphatic carbocycles. The first-order valence-electron chi connectivity index (χ1n) is 4.25. The van der Waals surface area contributed by atoms with Gasteiger partial charge in [0.2, 0.25) is 0 Å². The first kappa shape index (κ1) is 10.9. The summed E-state index contributed by atoms with van der Waals surface area (Å²) < 4.78 is 0. The fraction of sp³-hybridized carbons (Fsp3) is 1.00. The van der Waals surface area contributed by atoms with Gasteiger partial charge in [0, 0.05) is 0 Å². The zero-order chi connectivity index (χ0) is 8.53.